The maximum Gasteiger partial charge on any atom is 0.242 e. The van der Waals surface area contributed by atoms with Gasteiger partial charge in [-0.3, -0.25) is 0 Å². The van der Waals surface area contributed by atoms with Crippen molar-refractivity contribution in [1.29, 1.82) is 0 Å². The zero-order valence-electron chi connectivity index (χ0n) is 13.5. The van der Waals surface area contributed by atoms with Gasteiger partial charge in [-0.1, -0.05) is 0 Å². The number of rotatable bonds is 4. The third-order valence-corrected chi connectivity index (χ3v) is 5.62. The molecule has 0 radical (unpaired) electrons. The molecule has 1 aromatic rings. The Morgan fingerprint density at radius 1 is 1.14 bits per heavy atom. The summed E-state index contributed by atoms with van der Waals surface area (Å²) in [4.78, 5) is 8.57. The van der Waals surface area contributed by atoms with Crippen LogP contribution in [0.1, 0.15) is 52.4 Å². The molecule has 1 aromatic heterocycles. The standard InChI is InChI=1S/C17H26N4O/c1-10(2)22-16-14(18)15(19-9-20-16)21-17-6-11-3-12(7-17)5-13(4-11)8-17/h9-13H,3-8,18H2,1-2H3,(H,19,20,21). The number of hydrogen-bond acceptors (Lipinski definition) is 5. The molecule has 1 heterocycles. The van der Waals surface area contributed by atoms with Gasteiger partial charge in [-0.25, -0.2) is 4.98 Å². The van der Waals surface area contributed by atoms with Crippen LogP contribution < -0.4 is 15.8 Å². The summed E-state index contributed by atoms with van der Waals surface area (Å²) in [5.74, 6) is 3.94. The molecule has 4 aliphatic rings. The molecule has 0 aliphatic heterocycles. The van der Waals surface area contributed by atoms with E-state index in [1.165, 1.54) is 38.5 Å². The SMILES string of the molecule is CC(C)Oc1ncnc(NC23CC4CC(CC(C4)C2)C3)c1N. The molecule has 3 N–H and O–H groups in total. The van der Waals surface area contributed by atoms with Crippen molar-refractivity contribution < 1.29 is 4.74 Å². The lowest BCUT2D eigenvalue weighted by Crippen LogP contribution is -2.55. The van der Waals surface area contributed by atoms with Crippen molar-refractivity contribution in [2.24, 2.45) is 17.8 Å². The zero-order valence-corrected chi connectivity index (χ0v) is 13.5. The predicted octanol–water partition coefficient (Wildman–Crippen LogP) is 3.23. The molecule has 5 heteroatoms. The summed E-state index contributed by atoms with van der Waals surface area (Å²) in [5, 5.41) is 3.71. The number of nitrogens with two attached hydrogens (primary N) is 1. The van der Waals surface area contributed by atoms with Gasteiger partial charge in [0.15, 0.2) is 5.82 Å². The molecule has 5 nitrogen and oxygen atoms in total. The number of nitrogens with zero attached hydrogens (tertiary/aromatic N) is 2. The van der Waals surface area contributed by atoms with E-state index in [0.717, 1.165) is 23.6 Å². The van der Waals surface area contributed by atoms with Crippen LogP contribution in [0.2, 0.25) is 0 Å². The lowest BCUT2D eigenvalue weighted by Gasteiger charge is -2.57. The van der Waals surface area contributed by atoms with Crippen LogP contribution in [0.5, 0.6) is 5.88 Å². The maximum atomic E-state index is 6.25. The number of ether oxygens (including phenoxy) is 1. The molecular formula is C17H26N4O. The third kappa shape index (κ3) is 2.40. The van der Waals surface area contributed by atoms with Crippen LogP contribution in [0.3, 0.4) is 0 Å². The Bertz CT molecular complexity index is 536. The normalized spacial score (nSPS) is 35.9. The number of hydrogen-bond donors (Lipinski definition) is 2. The van der Waals surface area contributed by atoms with Crippen LogP contribution >= 0.6 is 0 Å². The van der Waals surface area contributed by atoms with E-state index in [1.807, 2.05) is 13.8 Å². The second-order valence-corrected chi connectivity index (χ2v) is 7.93. The minimum atomic E-state index is 0.0598. The Kier molecular flexibility index (Phi) is 3.20. The van der Waals surface area contributed by atoms with Gasteiger partial charge in [0, 0.05) is 5.54 Å². The zero-order chi connectivity index (χ0) is 15.3. The van der Waals surface area contributed by atoms with Gasteiger partial charge in [-0.05, 0) is 70.1 Å². The number of nitrogen functional groups attached to an aromatic ring is 1. The molecule has 0 atom stereocenters. The molecule has 22 heavy (non-hydrogen) atoms. The fourth-order valence-corrected chi connectivity index (χ4v) is 5.31. The van der Waals surface area contributed by atoms with Gasteiger partial charge in [-0.2, -0.15) is 4.98 Å². The van der Waals surface area contributed by atoms with Crippen molar-refractivity contribution in [2.45, 2.75) is 64.0 Å². The van der Waals surface area contributed by atoms with E-state index >= 15 is 0 Å². The summed E-state index contributed by atoms with van der Waals surface area (Å²) < 4.78 is 5.69. The Labute approximate surface area is 132 Å². The highest BCUT2D eigenvalue weighted by atomic mass is 16.5. The smallest absolute Gasteiger partial charge is 0.242 e. The van der Waals surface area contributed by atoms with Crippen molar-refractivity contribution >= 4 is 11.5 Å². The van der Waals surface area contributed by atoms with E-state index < -0.39 is 0 Å². The van der Waals surface area contributed by atoms with E-state index in [1.54, 1.807) is 6.33 Å². The van der Waals surface area contributed by atoms with Gasteiger partial charge in [0.2, 0.25) is 5.88 Å². The lowest BCUT2D eigenvalue weighted by atomic mass is 9.53. The first-order chi connectivity index (χ1) is 10.5. The van der Waals surface area contributed by atoms with Crippen molar-refractivity contribution in [1.82, 2.24) is 9.97 Å². The maximum absolute atomic E-state index is 6.25. The quantitative estimate of drug-likeness (QED) is 0.893. The molecular weight excluding hydrogens is 276 g/mol. The van der Waals surface area contributed by atoms with Gasteiger partial charge in [0.1, 0.15) is 12.0 Å². The van der Waals surface area contributed by atoms with E-state index in [-0.39, 0.29) is 11.6 Å². The average Bonchev–Trinajstić information content (AvgIpc) is 2.41. The molecule has 0 spiro atoms. The third-order valence-electron chi connectivity index (χ3n) is 5.62. The largest absolute Gasteiger partial charge is 0.473 e. The molecule has 4 aliphatic carbocycles. The van der Waals surface area contributed by atoms with E-state index in [2.05, 4.69) is 15.3 Å². The molecule has 0 amide bonds. The summed E-state index contributed by atoms with van der Waals surface area (Å²) in [6.07, 6.45) is 9.71. The van der Waals surface area contributed by atoms with Crippen LogP contribution in [0.15, 0.2) is 6.33 Å². The Morgan fingerprint density at radius 3 is 2.27 bits per heavy atom. The van der Waals surface area contributed by atoms with Crippen molar-refractivity contribution in [3.63, 3.8) is 0 Å². The van der Waals surface area contributed by atoms with Gasteiger partial charge in [-0.15, -0.1) is 0 Å². The summed E-state index contributed by atoms with van der Waals surface area (Å²) in [7, 11) is 0. The van der Waals surface area contributed by atoms with Crippen LogP contribution in [0.25, 0.3) is 0 Å². The summed E-state index contributed by atoms with van der Waals surface area (Å²) in [6, 6.07) is 0. The van der Waals surface area contributed by atoms with E-state index in [4.69, 9.17) is 10.5 Å². The van der Waals surface area contributed by atoms with E-state index in [9.17, 15) is 0 Å². The van der Waals surface area contributed by atoms with Gasteiger partial charge < -0.3 is 15.8 Å². The molecule has 120 valence electrons. The molecule has 4 fully saturated rings. The number of aromatic nitrogens is 2. The first kappa shape index (κ1) is 14.1. The predicted molar refractivity (Wildman–Crippen MR) is 86.7 cm³/mol. The fraction of sp³-hybridized carbons (Fsp3) is 0.765. The van der Waals surface area contributed by atoms with Crippen molar-refractivity contribution in [3.05, 3.63) is 6.33 Å². The first-order valence-corrected chi connectivity index (χ1v) is 8.58. The summed E-state index contributed by atoms with van der Waals surface area (Å²) in [5.41, 5.74) is 7.00. The molecule has 0 unspecified atom stereocenters. The lowest BCUT2D eigenvalue weighted by molar-refractivity contribution is 0.0105. The average molecular weight is 302 g/mol. The highest BCUT2D eigenvalue weighted by Gasteiger charge is 2.51. The highest BCUT2D eigenvalue weighted by molar-refractivity contribution is 5.67. The minimum Gasteiger partial charge on any atom is -0.473 e. The topological polar surface area (TPSA) is 73.1 Å². The Hall–Kier alpha value is -1.52. The van der Waals surface area contributed by atoms with Gasteiger partial charge in [0.25, 0.3) is 0 Å². The molecule has 4 saturated carbocycles. The summed E-state index contributed by atoms with van der Waals surface area (Å²) in [6.45, 7) is 3.96. The summed E-state index contributed by atoms with van der Waals surface area (Å²) >= 11 is 0. The number of anilines is 2. The van der Waals surface area contributed by atoms with Gasteiger partial charge in [0.05, 0.1) is 6.10 Å². The van der Waals surface area contributed by atoms with Crippen molar-refractivity contribution in [2.75, 3.05) is 11.1 Å². The molecule has 4 bridgehead atoms. The molecule has 0 aromatic carbocycles. The Balaban J connectivity index is 1.58. The highest BCUT2D eigenvalue weighted by Crippen LogP contribution is 2.56. The van der Waals surface area contributed by atoms with Crippen molar-refractivity contribution in [3.8, 4) is 5.88 Å². The molecule has 0 saturated heterocycles. The molecule has 5 rings (SSSR count). The minimum absolute atomic E-state index is 0.0598. The van der Waals surface area contributed by atoms with E-state index in [0.29, 0.717) is 11.6 Å². The van der Waals surface area contributed by atoms with Crippen LogP contribution in [0, 0.1) is 17.8 Å². The second kappa shape index (κ2) is 5.00. The van der Waals surface area contributed by atoms with Crippen LogP contribution in [-0.2, 0) is 0 Å². The second-order valence-electron chi connectivity index (χ2n) is 7.93. The Morgan fingerprint density at radius 2 is 1.73 bits per heavy atom. The van der Waals surface area contributed by atoms with Crippen LogP contribution in [0.4, 0.5) is 11.5 Å². The first-order valence-electron chi connectivity index (χ1n) is 8.58. The van der Waals surface area contributed by atoms with Gasteiger partial charge >= 0.3 is 0 Å². The van der Waals surface area contributed by atoms with Crippen LogP contribution in [-0.4, -0.2) is 21.6 Å². The number of nitrogens with one attached hydrogen (secondary N) is 1. The monoisotopic (exact) mass is 302 g/mol. The fourth-order valence-electron chi connectivity index (χ4n) is 5.31.